The van der Waals surface area contributed by atoms with Gasteiger partial charge in [0, 0.05) is 17.9 Å². The van der Waals surface area contributed by atoms with E-state index in [1.54, 1.807) is 6.92 Å². The fourth-order valence-corrected chi connectivity index (χ4v) is 2.47. The highest BCUT2D eigenvalue weighted by atomic mass is 79.9. The lowest BCUT2D eigenvalue weighted by Gasteiger charge is -2.33. The summed E-state index contributed by atoms with van der Waals surface area (Å²) in [6.45, 7) is 5.51. The van der Waals surface area contributed by atoms with Crippen LogP contribution in [-0.4, -0.2) is 33.7 Å². The molecule has 0 radical (unpaired) electrons. The molecule has 0 N–H and O–H groups in total. The van der Waals surface area contributed by atoms with Crippen molar-refractivity contribution in [3.63, 3.8) is 0 Å². The van der Waals surface area contributed by atoms with Crippen molar-refractivity contribution in [3.8, 4) is 0 Å². The van der Waals surface area contributed by atoms with Gasteiger partial charge in [0.1, 0.15) is 0 Å². The van der Waals surface area contributed by atoms with Gasteiger partial charge >= 0.3 is 0 Å². The molecular weight excluding hydrogens is 272 g/mol. The molecule has 88 valence electrons. The second-order valence-corrected chi connectivity index (χ2v) is 5.48. The lowest BCUT2D eigenvalue weighted by Crippen LogP contribution is -2.43. The molecule has 1 aliphatic rings. The number of piperidine rings is 1. The van der Waals surface area contributed by atoms with E-state index in [0.717, 1.165) is 19.5 Å². The first-order chi connectivity index (χ1) is 7.59. The molecule has 2 rings (SSSR count). The van der Waals surface area contributed by atoms with Crippen molar-refractivity contribution in [2.24, 2.45) is 5.92 Å². The second-order valence-electron chi connectivity index (χ2n) is 4.30. The van der Waals surface area contributed by atoms with E-state index in [-0.39, 0.29) is 5.91 Å². The molecule has 2 atom stereocenters. The number of aryl methyl sites for hydroxylation is 1. The molecular formula is C11H15BrN2O2. The third-order valence-corrected chi connectivity index (χ3v) is 4.29. The number of aromatic nitrogens is 1. The minimum absolute atomic E-state index is 0.0497. The molecule has 2 unspecified atom stereocenters. The Bertz CT molecular complexity index is 391. The standard InChI is InChI=1S/C11H15BrN2O2/c1-7-3-4-14(5-9(7)12)11(15)10-8(2)13-6-16-10/h6-7,9H,3-5H2,1-2H3. The van der Waals surface area contributed by atoms with E-state index in [2.05, 4.69) is 27.8 Å². The van der Waals surface area contributed by atoms with E-state index in [9.17, 15) is 4.79 Å². The predicted octanol–water partition coefficient (Wildman–Crippen LogP) is 2.23. The highest BCUT2D eigenvalue weighted by Crippen LogP contribution is 2.24. The maximum absolute atomic E-state index is 12.1. The maximum Gasteiger partial charge on any atom is 0.291 e. The normalized spacial score (nSPS) is 25.8. The first-order valence-electron chi connectivity index (χ1n) is 5.43. The summed E-state index contributed by atoms with van der Waals surface area (Å²) in [6, 6.07) is 0. The van der Waals surface area contributed by atoms with E-state index in [1.807, 2.05) is 4.90 Å². The number of hydrogen-bond donors (Lipinski definition) is 0. The van der Waals surface area contributed by atoms with Gasteiger partial charge in [0.2, 0.25) is 5.76 Å². The third kappa shape index (κ3) is 2.14. The summed E-state index contributed by atoms with van der Waals surface area (Å²) in [7, 11) is 0. The van der Waals surface area contributed by atoms with Crippen molar-refractivity contribution >= 4 is 21.8 Å². The lowest BCUT2D eigenvalue weighted by atomic mass is 9.99. The Labute approximate surface area is 103 Å². The van der Waals surface area contributed by atoms with Gasteiger partial charge in [-0.15, -0.1) is 0 Å². The first kappa shape index (κ1) is 11.6. The van der Waals surface area contributed by atoms with Crippen molar-refractivity contribution < 1.29 is 9.21 Å². The van der Waals surface area contributed by atoms with E-state index in [0.29, 0.717) is 22.2 Å². The molecule has 16 heavy (non-hydrogen) atoms. The van der Waals surface area contributed by atoms with Gasteiger partial charge in [0.15, 0.2) is 6.39 Å². The van der Waals surface area contributed by atoms with Crippen LogP contribution in [0.2, 0.25) is 0 Å². The Balaban J connectivity index is 2.09. The van der Waals surface area contributed by atoms with Crippen molar-refractivity contribution in [2.75, 3.05) is 13.1 Å². The van der Waals surface area contributed by atoms with Gasteiger partial charge in [0.05, 0.1) is 5.69 Å². The average molecular weight is 287 g/mol. The number of oxazole rings is 1. The zero-order valence-electron chi connectivity index (χ0n) is 9.44. The molecule has 0 aromatic carbocycles. The van der Waals surface area contributed by atoms with Gasteiger partial charge in [-0.1, -0.05) is 22.9 Å². The zero-order chi connectivity index (χ0) is 11.7. The molecule has 0 bridgehead atoms. The molecule has 1 amide bonds. The van der Waals surface area contributed by atoms with E-state index < -0.39 is 0 Å². The third-order valence-electron chi connectivity index (χ3n) is 3.09. The van der Waals surface area contributed by atoms with Gasteiger partial charge in [-0.2, -0.15) is 0 Å². The fourth-order valence-electron chi connectivity index (χ4n) is 1.86. The van der Waals surface area contributed by atoms with Crippen LogP contribution in [0.3, 0.4) is 0 Å². The molecule has 1 aliphatic heterocycles. The maximum atomic E-state index is 12.1. The summed E-state index contributed by atoms with van der Waals surface area (Å²) >= 11 is 3.60. The molecule has 5 heteroatoms. The molecule has 1 fully saturated rings. The lowest BCUT2D eigenvalue weighted by molar-refractivity contribution is 0.0673. The quantitative estimate of drug-likeness (QED) is 0.744. The number of carbonyl (C=O) groups excluding carboxylic acids is 1. The van der Waals surface area contributed by atoms with Crippen molar-refractivity contribution in [1.29, 1.82) is 0 Å². The van der Waals surface area contributed by atoms with Crippen LogP contribution in [0.5, 0.6) is 0 Å². The first-order valence-corrected chi connectivity index (χ1v) is 6.34. The van der Waals surface area contributed by atoms with Crippen LogP contribution in [0.25, 0.3) is 0 Å². The summed E-state index contributed by atoms with van der Waals surface area (Å²) < 4.78 is 5.12. The molecule has 0 spiro atoms. The number of rotatable bonds is 1. The Morgan fingerprint density at radius 3 is 3.00 bits per heavy atom. The van der Waals surface area contributed by atoms with E-state index in [4.69, 9.17) is 4.42 Å². The van der Waals surface area contributed by atoms with Crippen molar-refractivity contribution in [1.82, 2.24) is 9.88 Å². The summed E-state index contributed by atoms with van der Waals surface area (Å²) in [5.41, 5.74) is 0.662. The number of alkyl halides is 1. The highest BCUT2D eigenvalue weighted by molar-refractivity contribution is 9.09. The Morgan fingerprint density at radius 2 is 2.44 bits per heavy atom. The van der Waals surface area contributed by atoms with Crippen LogP contribution in [0, 0.1) is 12.8 Å². The fraction of sp³-hybridized carbons (Fsp3) is 0.636. The molecule has 0 saturated carbocycles. The van der Waals surface area contributed by atoms with Crippen LogP contribution in [-0.2, 0) is 0 Å². The number of halogens is 1. The summed E-state index contributed by atoms with van der Waals surface area (Å²) in [6.07, 6.45) is 2.34. The van der Waals surface area contributed by atoms with Crippen LogP contribution >= 0.6 is 15.9 Å². The zero-order valence-corrected chi connectivity index (χ0v) is 11.0. The van der Waals surface area contributed by atoms with Crippen molar-refractivity contribution in [3.05, 3.63) is 17.8 Å². The smallest absolute Gasteiger partial charge is 0.291 e. The molecule has 1 aromatic rings. The van der Waals surface area contributed by atoms with Crippen LogP contribution in [0.4, 0.5) is 0 Å². The Kier molecular flexibility index (Phi) is 3.33. The van der Waals surface area contributed by atoms with E-state index >= 15 is 0 Å². The van der Waals surface area contributed by atoms with Crippen LogP contribution < -0.4 is 0 Å². The van der Waals surface area contributed by atoms with Gasteiger partial charge in [-0.05, 0) is 19.3 Å². The molecule has 2 heterocycles. The summed E-state index contributed by atoms with van der Waals surface area (Å²) in [5.74, 6) is 0.931. The largest absolute Gasteiger partial charge is 0.438 e. The minimum Gasteiger partial charge on any atom is -0.438 e. The molecule has 1 aromatic heterocycles. The Hall–Kier alpha value is -0.840. The monoisotopic (exact) mass is 286 g/mol. The predicted molar refractivity (Wildman–Crippen MR) is 63.6 cm³/mol. The van der Waals surface area contributed by atoms with Crippen LogP contribution in [0.1, 0.15) is 29.6 Å². The van der Waals surface area contributed by atoms with Gasteiger partial charge < -0.3 is 9.32 Å². The number of hydrogen-bond acceptors (Lipinski definition) is 3. The number of amides is 1. The molecule has 1 saturated heterocycles. The second kappa shape index (κ2) is 4.57. The van der Waals surface area contributed by atoms with Crippen LogP contribution in [0.15, 0.2) is 10.8 Å². The van der Waals surface area contributed by atoms with Gasteiger partial charge in [0.25, 0.3) is 5.91 Å². The van der Waals surface area contributed by atoms with Gasteiger partial charge in [-0.25, -0.2) is 4.98 Å². The minimum atomic E-state index is -0.0497. The van der Waals surface area contributed by atoms with Gasteiger partial charge in [-0.3, -0.25) is 4.79 Å². The molecule has 4 nitrogen and oxygen atoms in total. The summed E-state index contributed by atoms with van der Waals surface area (Å²) in [4.78, 5) is 18.2. The number of nitrogens with zero attached hydrogens (tertiary/aromatic N) is 2. The SMILES string of the molecule is Cc1ncoc1C(=O)N1CCC(C)C(Br)C1. The summed E-state index contributed by atoms with van der Waals surface area (Å²) in [5, 5.41) is 0. The Morgan fingerprint density at radius 1 is 1.69 bits per heavy atom. The highest BCUT2D eigenvalue weighted by Gasteiger charge is 2.29. The van der Waals surface area contributed by atoms with Crippen molar-refractivity contribution in [2.45, 2.75) is 25.1 Å². The number of likely N-dealkylation sites (tertiary alicyclic amines) is 1. The molecule has 0 aliphatic carbocycles. The average Bonchev–Trinajstić information content (AvgIpc) is 2.67. The van der Waals surface area contributed by atoms with E-state index in [1.165, 1.54) is 6.39 Å². The topological polar surface area (TPSA) is 46.3 Å². The number of carbonyl (C=O) groups is 1.